The van der Waals surface area contributed by atoms with Gasteiger partial charge in [-0.15, -0.1) is 0 Å². The molecule has 1 aliphatic rings. The maximum Gasteiger partial charge on any atom is 0.252 e. The fraction of sp³-hybridized carbons (Fsp3) is 0.286. The van der Waals surface area contributed by atoms with Crippen LogP contribution in [0.15, 0.2) is 54.9 Å². The standard InChI is InChI=1S/C21H21N3O2/c1-13-5-6-18-17(10-13)16(7-9-23-18)21(26)24-20(14-11-15(25)12-14)19-4-2-3-8-22-19/h2-10,14-15,20,25H,11-12H2,1H3,(H,24,26)/t14?,15?,20-/m0/s1. The topological polar surface area (TPSA) is 75.1 Å². The molecular formula is C21H21N3O2. The van der Waals surface area contributed by atoms with Crippen molar-refractivity contribution in [1.29, 1.82) is 0 Å². The Hall–Kier alpha value is -2.79. The van der Waals surface area contributed by atoms with Gasteiger partial charge in [0.2, 0.25) is 0 Å². The van der Waals surface area contributed by atoms with Crippen LogP contribution in [0.4, 0.5) is 0 Å². The van der Waals surface area contributed by atoms with Gasteiger partial charge in [0.1, 0.15) is 0 Å². The maximum absolute atomic E-state index is 13.1. The van der Waals surface area contributed by atoms with E-state index in [2.05, 4.69) is 15.3 Å². The molecule has 0 bridgehead atoms. The molecule has 1 amide bonds. The lowest BCUT2D eigenvalue weighted by Gasteiger charge is -2.37. The fourth-order valence-corrected chi connectivity index (χ4v) is 3.57. The van der Waals surface area contributed by atoms with Gasteiger partial charge in [0.05, 0.1) is 28.9 Å². The van der Waals surface area contributed by atoms with Crippen LogP contribution in [-0.4, -0.2) is 27.1 Å². The van der Waals surface area contributed by atoms with Crippen molar-refractivity contribution in [1.82, 2.24) is 15.3 Å². The number of benzene rings is 1. The normalized spacial score (nSPS) is 20.4. The molecule has 1 aliphatic carbocycles. The van der Waals surface area contributed by atoms with Crippen LogP contribution in [0.25, 0.3) is 10.9 Å². The van der Waals surface area contributed by atoms with Crippen molar-refractivity contribution in [3.05, 3.63) is 71.7 Å². The highest BCUT2D eigenvalue weighted by Crippen LogP contribution is 2.37. The summed E-state index contributed by atoms with van der Waals surface area (Å²) in [5.74, 6) is 0.0544. The zero-order chi connectivity index (χ0) is 18.1. The number of aromatic nitrogens is 2. The number of hydrogen-bond acceptors (Lipinski definition) is 4. The molecule has 0 aliphatic heterocycles. The van der Waals surface area contributed by atoms with Gasteiger partial charge >= 0.3 is 0 Å². The number of nitrogens with zero attached hydrogens (tertiary/aromatic N) is 2. The smallest absolute Gasteiger partial charge is 0.252 e. The third-order valence-corrected chi connectivity index (χ3v) is 5.06. The van der Waals surface area contributed by atoms with Crippen LogP contribution in [0.5, 0.6) is 0 Å². The summed E-state index contributed by atoms with van der Waals surface area (Å²) in [6.45, 7) is 2.00. The molecule has 1 atom stereocenters. The minimum Gasteiger partial charge on any atom is -0.393 e. The minimum absolute atomic E-state index is 0.139. The lowest BCUT2D eigenvalue weighted by atomic mass is 9.76. The number of aliphatic hydroxyl groups excluding tert-OH is 1. The molecule has 2 N–H and O–H groups in total. The fourth-order valence-electron chi connectivity index (χ4n) is 3.57. The second kappa shape index (κ2) is 6.84. The highest BCUT2D eigenvalue weighted by molar-refractivity contribution is 6.06. The van der Waals surface area contributed by atoms with E-state index in [0.717, 1.165) is 22.2 Å². The van der Waals surface area contributed by atoms with Gasteiger partial charge in [-0.3, -0.25) is 14.8 Å². The van der Waals surface area contributed by atoms with Gasteiger partial charge < -0.3 is 10.4 Å². The zero-order valence-electron chi connectivity index (χ0n) is 14.6. The Balaban J connectivity index is 1.66. The molecule has 0 spiro atoms. The zero-order valence-corrected chi connectivity index (χ0v) is 14.6. The highest BCUT2D eigenvalue weighted by atomic mass is 16.3. The first kappa shape index (κ1) is 16.7. The molecule has 1 saturated carbocycles. The van der Waals surface area contributed by atoms with E-state index in [0.29, 0.717) is 18.4 Å². The molecule has 5 heteroatoms. The Morgan fingerprint density at radius 3 is 2.73 bits per heavy atom. The molecule has 0 saturated heterocycles. The van der Waals surface area contributed by atoms with E-state index in [9.17, 15) is 9.90 Å². The Kier molecular flexibility index (Phi) is 4.39. The predicted octanol–water partition coefficient (Wildman–Crippen LogP) is 3.18. The summed E-state index contributed by atoms with van der Waals surface area (Å²) in [7, 11) is 0. The van der Waals surface area contributed by atoms with Crippen molar-refractivity contribution in [3.63, 3.8) is 0 Å². The van der Waals surface area contributed by atoms with E-state index in [4.69, 9.17) is 0 Å². The molecule has 2 heterocycles. The Labute approximate surface area is 152 Å². The molecule has 4 rings (SSSR count). The average molecular weight is 347 g/mol. The largest absolute Gasteiger partial charge is 0.393 e. The van der Waals surface area contributed by atoms with Crippen LogP contribution in [-0.2, 0) is 0 Å². The molecule has 3 aromatic rings. The van der Waals surface area contributed by atoms with E-state index >= 15 is 0 Å². The van der Waals surface area contributed by atoms with E-state index in [-0.39, 0.29) is 24.0 Å². The lowest BCUT2D eigenvalue weighted by Crippen LogP contribution is -2.41. The molecule has 26 heavy (non-hydrogen) atoms. The number of hydrogen-bond donors (Lipinski definition) is 2. The summed E-state index contributed by atoms with van der Waals surface area (Å²) >= 11 is 0. The van der Waals surface area contributed by atoms with Gasteiger partial charge in [-0.1, -0.05) is 17.7 Å². The summed E-state index contributed by atoms with van der Waals surface area (Å²) < 4.78 is 0. The lowest BCUT2D eigenvalue weighted by molar-refractivity contribution is 0.0228. The number of carbonyl (C=O) groups excluding carboxylic acids is 1. The molecule has 0 radical (unpaired) electrons. The number of rotatable bonds is 4. The van der Waals surface area contributed by atoms with Gasteiger partial charge in [0, 0.05) is 17.8 Å². The van der Waals surface area contributed by atoms with Crippen molar-refractivity contribution < 1.29 is 9.90 Å². The SMILES string of the molecule is Cc1ccc2nccc(C(=O)N[C@H](c3ccccn3)C3CC(O)C3)c2c1. The first-order chi connectivity index (χ1) is 12.6. The van der Waals surface area contributed by atoms with Crippen LogP contribution in [0.3, 0.4) is 0 Å². The van der Waals surface area contributed by atoms with Crippen LogP contribution in [0.2, 0.25) is 0 Å². The number of carbonyl (C=O) groups is 1. The van der Waals surface area contributed by atoms with Crippen LogP contribution in [0.1, 0.15) is 40.5 Å². The Morgan fingerprint density at radius 2 is 2.00 bits per heavy atom. The first-order valence-electron chi connectivity index (χ1n) is 8.87. The molecule has 1 fully saturated rings. The third kappa shape index (κ3) is 3.18. The molecule has 1 aromatic carbocycles. The van der Waals surface area contributed by atoms with Crippen LogP contribution < -0.4 is 5.32 Å². The number of aliphatic hydroxyl groups is 1. The van der Waals surface area contributed by atoms with Gasteiger partial charge in [0.25, 0.3) is 5.91 Å². The van der Waals surface area contributed by atoms with Crippen molar-refractivity contribution in [2.24, 2.45) is 5.92 Å². The van der Waals surface area contributed by atoms with Crippen LogP contribution in [0, 0.1) is 12.8 Å². The van der Waals surface area contributed by atoms with Gasteiger partial charge in [-0.25, -0.2) is 0 Å². The van der Waals surface area contributed by atoms with Crippen molar-refractivity contribution in [2.45, 2.75) is 31.9 Å². The highest BCUT2D eigenvalue weighted by Gasteiger charge is 2.36. The third-order valence-electron chi connectivity index (χ3n) is 5.06. The molecule has 132 valence electrons. The monoisotopic (exact) mass is 347 g/mol. The van der Waals surface area contributed by atoms with Crippen molar-refractivity contribution in [2.75, 3.05) is 0 Å². The van der Waals surface area contributed by atoms with Gasteiger partial charge in [-0.05, 0) is 56.0 Å². The quantitative estimate of drug-likeness (QED) is 0.760. The van der Waals surface area contributed by atoms with Crippen LogP contribution >= 0.6 is 0 Å². The predicted molar refractivity (Wildman–Crippen MR) is 99.7 cm³/mol. The molecule has 2 aromatic heterocycles. The molecule has 5 nitrogen and oxygen atoms in total. The van der Waals surface area contributed by atoms with E-state index in [1.54, 1.807) is 18.5 Å². The Morgan fingerprint density at radius 1 is 1.15 bits per heavy atom. The number of aryl methyl sites for hydroxylation is 1. The minimum atomic E-state index is -0.285. The summed E-state index contributed by atoms with van der Waals surface area (Å²) in [6, 6.07) is 13.1. The number of pyridine rings is 2. The maximum atomic E-state index is 13.1. The summed E-state index contributed by atoms with van der Waals surface area (Å²) in [5.41, 5.74) is 3.33. The van der Waals surface area contributed by atoms with Crippen molar-refractivity contribution >= 4 is 16.8 Å². The number of nitrogens with one attached hydrogen (secondary N) is 1. The summed E-state index contributed by atoms with van der Waals surface area (Å²) in [5, 5.41) is 13.7. The van der Waals surface area contributed by atoms with Gasteiger partial charge in [-0.2, -0.15) is 0 Å². The number of fused-ring (bicyclic) bond motifs is 1. The first-order valence-corrected chi connectivity index (χ1v) is 8.87. The summed E-state index contributed by atoms with van der Waals surface area (Å²) in [4.78, 5) is 21.8. The molecular weight excluding hydrogens is 326 g/mol. The second-order valence-corrected chi connectivity index (χ2v) is 6.97. The van der Waals surface area contributed by atoms with E-state index in [1.807, 2.05) is 43.3 Å². The second-order valence-electron chi connectivity index (χ2n) is 6.97. The van der Waals surface area contributed by atoms with Gasteiger partial charge in [0.15, 0.2) is 0 Å². The summed E-state index contributed by atoms with van der Waals surface area (Å²) in [6.07, 6.45) is 4.46. The molecule has 0 unspecified atom stereocenters. The van der Waals surface area contributed by atoms with Crippen molar-refractivity contribution in [3.8, 4) is 0 Å². The average Bonchev–Trinajstić information content (AvgIpc) is 2.64. The number of amides is 1. The van der Waals surface area contributed by atoms with E-state index in [1.165, 1.54) is 0 Å². The Bertz CT molecular complexity index is 936. The van der Waals surface area contributed by atoms with E-state index < -0.39 is 0 Å².